The molecular formula is C28H36O2Si. The third kappa shape index (κ3) is 9.88. The molecule has 0 N–H and O–H groups in total. The molecule has 2 nitrogen and oxygen atoms in total. The molecule has 0 aliphatic heterocycles. The van der Waals surface area contributed by atoms with Gasteiger partial charge in [-0.15, -0.1) is 0 Å². The molecular weight excluding hydrogens is 396 g/mol. The summed E-state index contributed by atoms with van der Waals surface area (Å²) in [6.45, 7) is 0. The third-order valence-electron chi connectivity index (χ3n) is 5.52. The highest BCUT2D eigenvalue weighted by Gasteiger charge is 2.17. The molecule has 0 aliphatic rings. The van der Waals surface area contributed by atoms with Crippen molar-refractivity contribution in [3.8, 4) is 11.5 Å². The van der Waals surface area contributed by atoms with Crippen LogP contribution >= 0.6 is 0 Å². The third-order valence-corrected chi connectivity index (χ3v) is 7.47. The summed E-state index contributed by atoms with van der Waals surface area (Å²) >= 11 is 0. The number of unbranched alkanes of at least 4 members (excludes halogenated alkanes) is 7. The van der Waals surface area contributed by atoms with Gasteiger partial charge in [-0.25, -0.2) is 0 Å². The molecule has 3 heteroatoms. The van der Waals surface area contributed by atoms with Gasteiger partial charge in [0.1, 0.15) is 11.5 Å². The topological polar surface area (TPSA) is 18.5 Å². The average molecular weight is 433 g/mol. The minimum atomic E-state index is -1.79. The molecule has 3 rings (SSSR count). The Hall–Kier alpha value is -2.52. The van der Waals surface area contributed by atoms with Gasteiger partial charge < -0.3 is 8.85 Å². The van der Waals surface area contributed by atoms with E-state index in [4.69, 9.17) is 8.85 Å². The molecule has 0 fully saturated rings. The van der Waals surface area contributed by atoms with E-state index in [1.807, 2.05) is 60.7 Å². The van der Waals surface area contributed by atoms with Crippen LogP contribution in [0.3, 0.4) is 0 Å². The van der Waals surface area contributed by atoms with E-state index in [0.717, 1.165) is 17.5 Å². The summed E-state index contributed by atoms with van der Waals surface area (Å²) in [5, 5.41) is 0. The lowest BCUT2D eigenvalue weighted by Gasteiger charge is -2.19. The van der Waals surface area contributed by atoms with E-state index in [1.165, 1.54) is 63.4 Å². The first kappa shape index (κ1) is 23.1. The lowest BCUT2D eigenvalue weighted by molar-refractivity contribution is 0.416. The zero-order valence-electron chi connectivity index (χ0n) is 18.6. The summed E-state index contributed by atoms with van der Waals surface area (Å²) in [6, 6.07) is 32.1. The predicted molar refractivity (Wildman–Crippen MR) is 133 cm³/mol. The van der Waals surface area contributed by atoms with Gasteiger partial charge in [0.15, 0.2) is 0 Å². The molecule has 0 amide bonds. The highest BCUT2D eigenvalue weighted by molar-refractivity contribution is 6.46. The standard InChI is InChI=1S/C28H36O2Si/c1(3-5-10-18-26-19-11-7-12-20-26)2-4-6-17-25-31(29-27-21-13-8-14-22-27)30-28-23-15-9-16-24-28/h7-9,11-16,19-24,31H,1-6,10,17-18,25H2. The Morgan fingerprint density at radius 2 is 0.871 bits per heavy atom. The summed E-state index contributed by atoms with van der Waals surface area (Å²) in [5.74, 6) is 1.84. The van der Waals surface area contributed by atoms with E-state index < -0.39 is 9.28 Å². The summed E-state index contributed by atoms with van der Waals surface area (Å²) < 4.78 is 12.5. The van der Waals surface area contributed by atoms with Crippen LogP contribution in [0.15, 0.2) is 91.0 Å². The molecule has 0 saturated heterocycles. The van der Waals surface area contributed by atoms with Crippen molar-refractivity contribution in [3.05, 3.63) is 96.6 Å². The van der Waals surface area contributed by atoms with E-state index >= 15 is 0 Å². The first-order chi connectivity index (χ1) is 15.4. The second-order valence-corrected chi connectivity index (χ2v) is 10.1. The monoisotopic (exact) mass is 432 g/mol. The largest absolute Gasteiger partial charge is 0.514 e. The smallest absolute Gasteiger partial charge is 0.444 e. The van der Waals surface area contributed by atoms with Gasteiger partial charge in [-0.3, -0.25) is 0 Å². The predicted octanol–water partition coefficient (Wildman–Crippen LogP) is 7.73. The Kier molecular flexibility index (Phi) is 10.8. The van der Waals surface area contributed by atoms with Crippen LogP contribution in [0.25, 0.3) is 0 Å². The quantitative estimate of drug-likeness (QED) is 0.181. The SMILES string of the molecule is c1ccc(CCCCCCCCCC[SiH](Oc2ccccc2)Oc2ccccc2)cc1. The van der Waals surface area contributed by atoms with Crippen LogP contribution in [-0.4, -0.2) is 9.28 Å². The van der Waals surface area contributed by atoms with Crippen LogP contribution in [0.4, 0.5) is 0 Å². The maximum atomic E-state index is 6.24. The molecule has 0 unspecified atom stereocenters. The number of aryl methyl sites for hydroxylation is 1. The van der Waals surface area contributed by atoms with Gasteiger partial charge in [-0.1, -0.05) is 105 Å². The molecule has 0 aromatic heterocycles. The van der Waals surface area contributed by atoms with Gasteiger partial charge in [0.05, 0.1) is 0 Å². The number of rotatable bonds is 15. The first-order valence-electron chi connectivity index (χ1n) is 11.9. The highest BCUT2D eigenvalue weighted by atomic mass is 28.3. The Labute approximate surface area is 190 Å². The van der Waals surface area contributed by atoms with E-state index in [1.54, 1.807) is 0 Å². The van der Waals surface area contributed by atoms with Gasteiger partial charge in [-0.05, 0) is 49.1 Å². The highest BCUT2D eigenvalue weighted by Crippen LogP contribution is 2.18. The van der Waals surface area contributed by atoms with Crippen molar-refractivity contribution in [2.45, 2.75) is 63.8 Å². The Bertz CT molecular complexity index is 767. The van der Waals surface area contributed by atoms with Crippen LogP contribution in [0, 0.1) is 0 Å². The second-order valence-electron chi connectivity index (χ2n) is 8.14. The van der Waals surface area contributed by atoms with Crippen LogP contribution < -0.4 is 8.85 Å². The van der Waals surface area contributed by atoms with E-state index in [2.05, 4.69) is 30.3 Å². The van der Waals surface area contributed by atoms with Gasteiger partial charge in [0.25, 0.3) is 0 Å². The normalized spacial score (nSPS) is 10.9. The van der Waals surface area contributed by atoms with Crippen LogP contribution in [0.1, 0.15) is 56.9 Å². The van der Waals surface area contributed by atoms with Crippen molar-refractivity contribution in [1.29, 1.82) is 0 Å². The molecule has 0 aliphatic carbocycles. The van der Waals surface area contributed by atoms with Crippen LogP contribution in [0.5, 0.6) is 11.5 Å². The van der Waals surface area contributed by atoms with E-state index in [9.17, 15) is 0 Å². The first-order valence-corrected chi connectivity index (χ1v) is 13.6. The van der Waals surface area contributed by atoms with E-state index in [0.29, 0.717) is 0 Å². The number of hydrogen-bond donors (Lipinski definition) is 0. The van der Waals surface area contributed by atoms with Gasteiger partial charge in [0.2, 0.25) is 0 Å². The number of para-hydroxylation sites is 2. The van der Waals surface area contributed by atoms with Gasteiger partial charge in [0, 0.05) is 6.04 Å². The van der Waals surface area contributed by atoms with Gasteiger partial charge in [-0.2, -0.15) is 0 Å². The molecule has 0 heterocycles. The van der Waals surface area contributed by atoms with Crippen LogP contribution in [-0.2, 0) is 6.42 Å². The lowest BCUT2D eigenvalue weighted by atomic mass is 10.0. The summed E-state index contributed by atoms with van der Waals surface area (Å²) in [7, 11) is -1.79. The molecule has 0 radical (unpaired) electrons. The lowest BCUT2D eigenvalue weighted by Crippen LogP contribution is -2.29. The Morgan fingerprint density at radius 1 is 0.452 bits per heavy atom. The van der Waals surface area contributed by atoms with Crippen molar-refractivity contribution in [2.75, 3.05) is 0 Å². The molecule has 164 valence electrons. The summed E-state index contributed by atoms with van der Waals surface area (Å²) in [4.78, 5) is 0. The summed E-state index contributed by atoms with van der Waals surface area (Å²) in [6.07, 6.45) is 11.7. The number of hydrogen-bond acceptors (Lipinski definition) is 2. The Morgan fingerprint density at radius 3 is 1.39 bits per heavy atom. The molecule has 0 atom stereocenters. The molecule has 3 aromatic carbocycles. The zero-order valence-corrected chi connectivity index (χ0v) is 19.8. The zero-order chi connectivity index (χ0) is 21.4. The average Bonchev–Trinajstić information content (AvgIpc) is 2.82. The number of benzene rings is 3. The fourth-order valence-electron chi connectivity index (χ4n) is 3.79. The molecule has 31 heavy (non-hydrogen) atoms. The molecule has 0 spiro atoms. The van der Waals surface area contributed by atoms with Crippen molar-refractivity contribution >= 4 is 9.28 Å². The van der Waals surface area contributed by atoms with Crippen molar-refractivity contribution in [2.24, 2.45) is 0 Å². The Balaban J connectivity index is 1.27. The minimum Gasteiger partial charge on any atom is -0.514 e. The molecule has 3 aromatic rings. The fraction of sp³-hybridized carbons (Fsp3) is 0.357. The maximum Gasteiger partial charge on any atom is 0.444 e. The molecule has 0 saturated carbocycles. The second kappa shape index (κ2) is 14.5. The minimum absolute atomic E-state index is 0.922. The van der Waals surface area contributed by atoms with Crippen molar-refractivity contribution in [1.82, 2.24) is 0 Å². The molecule has 0 bridgehead atoms. The van der Waals surface area contributed by atoms with Crippen molar-refractivity contribution in [3.63, 3.8) is 0 Å². The van der Waals surface area contributed by atoms with Crippen LogP contribution in [0.2, 0.25) is 6.04 Å². The fourth-order valence-corrected chi connectivity index (χ4v) is 5.62. The summed E-state index contributed by atoms with van der Waals surface area (Å²) in [5.41, 5.74) is 1.47. The maximum absolute atomic E-state index is 6.24. The van der Waals surface area contributed by atoms with Crippen molar-refractivity contribution < 1.29 is 8.85 Å². The van der Waals surface area contributed by atoms with Gasteiger partial charge >= 0.3 is 9.28 Å². The van der Waals surface area contributed by atoms with E-state index in [-0.39, 0.29) is 0 Å².